The highest BCUT2D eigenvalue weighted by atomic mass is 16.5. The van der Waals surface area contributed by atoms with Crippen molar-refractivity contribution in [1.29, 1.82) is 0 Å². The van der Waals surface area contributed by atoms with Gasteiger partial charge in [0.25, 0.3) is 0 Å². The zero-order valence-corrected chi connectivity index (χ0v) is 20.8. The Bertz CT molecular complexity index is 864. The number of carboxylic acids is 1. The van der Waals surface area contributed by atoms with Gasteiger partial charge in [-0.2, -0.15) is 0 Å². The predicted molar refractivity (Wildman–Crippen MR) is 136 cm³/mol. The lowest BCUT2D eigenvalue weighted by Gasteiger charge is -2.29. The highest BCUT2D eigenvalue weighted by Crippen LogP contribution is 2.22. The summed E-state index contributed by atoms with van der Waals surface area (Å²) in [4.78, 5) is 23.1. The molecule has 0 aliphatic rings. The van der Waals surface area contributed by atoms with Crippen molar-refractivity contribution < 1.29 is 23.9 Å². The quantitative estimate of drug-likeness (QED) is 0.264. The summed E-state index contributed by atoms with van der Waals surface area (Å²) >= 11 is 0. The van der Waals surface area contributed by atoms with Crippen molar-refractivity contribution in [3.63, 3.8) is 0 Å². The Hall–Kier alpha value is -3.06. The van der Waals surface area contributed by atoms with Crippen LogP contribution < -0.4 is 15.4 Å². The summed E-state index contributed by atoms with van der Waals surface area (Å²) in [6, 6.07) is 17.8. The SMILES string of the molecule is C[N+](C)(C)CC(CC(=O)O)NC(=O)NCCCCCCCOc1ccc(-c2ccccc2)cc1. The third-order valence-electron chi connectivity index (χ3n) is 5.36. The fourth-order valence-corrected chi connectivity index (χ4v) is 3.79. The molecule has 3 N–H and O–H groups in total. The van der Waals surface area contributed by atoms with E-state index in [0.29, 0.717) is 24.2 Å². The molecule has 0 aliphatic heterocycles. The molecule has 1 atom stereocenters. The van der Waals surface area contributed by atoms with E-state index < -0.39 is 12.0 Å². The number of likely N-dealkylation sites (N-methyl/N-ethyl adjacent to an activating group) is 1. The molecule has 0 bridgehead atoms. The van der Waals surface area contributed by atoms with Crippen molar-refractivity contribution in [2.75, 3.05) is 40.8 Å². The number of carbonyl (C=O) groups excluding carboxylic acids is 1. The highest BCUT2D eigenvalue weighted by molar-refractivity contribution is 5.75. The first kappa shape index (κ1) is 27.2. The number of benzene rings is 2. The fraction of sp³-hybridized carbons (Fsp3) is 0.481. The number of quaternary nitrogens is 1. The third-order valence-corrected chi connectivity index (χ3v) is 5.36. The first-order valence-electron chi connectivity index (χ1n) is 12.1. The van der Waals surface area contributed by atoms with Crippen LogP contribution in [0.1, 0.15) is 38.5 Å². The molecule has 1 unspecified atom stereocenters. The molecule has 2 aromatic carbocycles. The molecule has 7 heteroatoms. The lowest BCUT2D eigenvalue weighted by Crippen LogP contribution is -2.52. The first-order chi connectivity index (χ1) is 16.2. The molecule has 0 aliphatic carbocycles. The Balaban J connectivity index is 1.52. The van der Waals surface area contributed by atoms with E-state index in [1.54, 1.807) is 0 Å². The van der Waals surface area contributed by atoms with E-state index in [1.165, 1.54) is 11.1 Å². The number of unbranched alkanes of at least 4 members (excludes halogenated alkanes) is 4. The molecule has 0 radical (unpaired) electrons. The maximum absolute atomic E-state index is 12.1. The molecule has 2 rings (SSSR count). The average molecular weight is 471 g/mol. The minimum Gasteiger partial charge on any atom is -0.494 e. The van der Waals surface area contributed by atoms with Crippen LogP contribution in [0.15, 0.2) is 54.6 Å². The summed E-state index contributed by atoms with van der Waals surface area (Å²) in [5, 5.41) is 14.7. The Labute approximate surface area is 203 Å². The Morgan fingerprint density at radius 2 is 1.50 bits per heavy atom. The summed E-state index contributed by atoms with van der Waals surface area (Å²) in [6.07, 6.45) is 5.01. The van der Waals surface area contributed by atoms with Crippen LogP contribution in [0.2, 0.25) is 0 Å². The van der Waals surface area contributed by atoms with Crippen molar-refractivity contribution in [3.8, 4) is 16.9 Å². The third kappa shape index (κ3) is 11.7. The van der Waals surface area contributed by atoms with Crippen LogP contribution in [0.5, 0.6) is 5.75 Å². The average Bonchev–Trinajstić information content (AvgIpc) is 2.77. The van der Waals surface area contributed by atoms with Gasteiger partial charge in [0.05, 0.1) is 46.8 Å². The Morgan fingerprint density at radius 1 is 0.882 bits per heavy atom. The Kier molecular flexibility index (Phi) is 11.4. The fourth-order valence-electron chi connectivity index (χ4n) is 3.79. The van der Waals surface area contributed by atoms with E-state index in [1.807, 2.05) is 51.5 Å². The topological polar surface area (TPSA) is 87.7 Å². The number of rotatable bonds is 15. The normalized spacial score (nSPS) is 12.1. The van der Waals surface area contributed by atoms with Gasteiger partial charge < -0.3 is 25.0 Å². The van der Waals surface area contributed by atoms with Gasteiger partial charge in [-0.1, -0.05) is 61.7 Å². The summed E-state index contributed by atoms with van der Waals surface area (Å²) in [6.45, 7) is 1.84. The van der Waals surface area contributed by atoms with E-state index in [0.717, 1.165) is 37.9 Å². The summed E-state index contributed by atoms with van der Waals surface area (Å²) in [5.74, 6) is -0.0201. The van der Waals surface area contributed by atoms with Gasteiger partial charge in [0, 0.05) is 6.54 Å². The molecule has 2 amide bonds. The molecule has 0 fully saturated rings. The van der Waals surface area contributed by atoms with Crippen molar-refractivity contribution in [1.82, 2.24) is 10.6 Å². The zero-order chi connectivity index (χ0) is 24.8. The van der Waals surface area contributed by atoms with Gasteiger partial charge in [-0.05, 0) is 36.1 Å². The van der Waals surface area contributed by atoms with Crippen molar-refractivity contribution >= 4 is 12.0 Å². The zero-order valence-electron chi connectivity index (χ0n) is 20.8. The van der Waals surface area contributed by atoms with Crippen LogP contribution in [0, 0.1) is 0 Å². The van der Waals surface area contributed by atoms with Crippen LogP contribution in [0.25, 0.3) is 11.1 Å². The van der Waals surface area contributed by atoms with Gasteiger partial charge in [-0.15, -0.1) is 0 Å². The van der Waals surface area contributed by atoms with Crippen molar-refractivity contribution in [2.24, 2.45) is 0 Å². The smallest absolute Gasteiger partial charge is 0.315 e. The molecule has 0 heterocycles. The number of nitrogens with one attached hydrogen (secondary N) is 2. The predicted octanol–water partition coefficient (Wildman–Crippen LogP) is 4.53. The molecular formula is C27H40N3O4+. The van der Waals surface area contributed by atoms with Crippen molar-refractivity contribution in [2.45, 2.75) is 44.6 Å². The number of hydrogen-bond acceptors (Lipinski definition) is 3. The van der Waals surface area contributed by atoms with Crippen molar-refractivity contribution in [3.05, 3.63) is 54.6 Å². The number of urea groups is 1. The summed E-state index contributed by atoms with van der Waals surface area (Å²) in [5.41, 5.74) is 2.38. The van der Waals surface area contributed by atoms with Gasteiger partial charge in [0.2, 0.25) is 0 Å². The molecule has 0 spiro atoms. The molecule has 34 heavy (non-hydrogen) atoms. The number of carbonyl (C=O) groups is 2. The first-order valence-corrected chi connectivity index (χ1v) is 12.1. The maximum Gasteiger partial charge on any atom is 0.315 e. The van der Waals surface area contributed by atoms with Gasteiger partial charge in [0.15, 0.2) is 0 Å². The molecule has 0 aromatic heterocycles. The number of carboxylic acid groups (broad SMARTS) is 1. The van der Waals surface area contributed by atoms with Crippen LogP contribution in [-0.2, 0) is 4.79 Å². The molecule has 7 nitrogen and oxygen atoms in total. The lowest BCUT2D eigenvalue weighted by atomic mass is 10.1. The summed E-state index contributed by atoms with van der Waals surface area (Å²) < 4.78 is 6.43. The number of amides is 2. The van der Waals surface area contributed by atoms with Crippen LogP contribution >= 0.6 is 0 Å². The monoisotopic (exact) mass is 470 g/mol. The highest BCUT2D eigenvalue weighted by Gasteiger charge is 2.22. The standard InChI is InChI=1S/C27H39N3O4/c1-30(2,3)21-24(20-26(31)32)29-27(33)28-18-10-5-4-6-11-19-34-25-16-14-23(15-17-25)22-12-8-7-9-13-22/h7-9,12-17,24H,4-6,10-11,18-21H2,1-3H3,(H2-,28,29,31,32,33)/p+1. The van der Waals surface area contributed by atoms with Gasteiger partial charge in [-0.3, -0.25) is 4.79 Å². The largest absolute Gasteiger partial charge is 0.494 e. The Morgan fingerprint density at radius 3 is 2.15 bits per heavy atom. The molecule has 2 aromatic rings. The van der Waals surface area contributed by atoms with E-state index in [2.05, 4.69) is 34.9 Å². The second kappa shape index (κ2) is 14.3. The number of aliphatic carboxylic acids is 1. The molecular weight excluding hydrogens is 430 g/mol. The molecule has 0 saturated heterocycles. The minimum absolute atomic E-state index is 0.0812. The van der Waals surface area contributed by atoms with Gasteiger partial charge in [0.1, 0.15) is 5.75 Å². The maximum atomic E-state index is 12.1. The number of nitrogens with zero attached hydrogens (tertiary/aromatic N) is 1. The van der Waals surface area contributed by atoms with Gasteiger partial charge in [-0.25, -0.2) is 4.79 Å². The van der Waals surface area contributed by atoms with E-state index in [4.69, 9.17) is 9.84 Å². The van der Waals surface area contributed by atoms with Crippen LogP contribution in [0.4, 0.5) is 4.79 Å². The molecule has 186 valence electrons. The summed E-state index contributed by atoms with van der Waals surface area (Å²) in [7, 11) is 5.92. The van der Waals surface area contributed by atoms with E-state index in [9.17, 15) is 9.59 Å². The second-order valence-electron chi connectivity index (χ2n) is 9.67. The molecule has 0 saturated carbocycles. The van der Waals surface area contributed by atoms with E-state index >= 15 is 0 Å². The minimum atomic E-state index is -0.910. The van der Waals surface area contributed by atoms with Gasteiger partial charge >= 0.3 is 12.0 Å². The lowest BCUT2D eigenvalue weighted by molar-refractivity contribution is -0.871. The number of ether oxygens (including phenoxy) is 1. The van der Waals surface area contributed by atoms with Crippen LogP contribution in [0.3, 0.4) is 0 Å². The number of hydrogen-bond donors (Lipinski definition) is 3. The van der Waals surface area contributed by atoms with E-state index in [-0.39, 0.29) is 12.5 Å². The second-order valence-corrected chi connectivity index (χ2v) is 9.67. The van der Waals surface area contributed by atoms with Crippen LogP contribution in [-0.4, -0.2) is 68.5 Å².